The number of hydrogen-bond donors (Lipinski definition) is 2. The first-order valence-corrected chi connectivity index (χ1v) is 10.9. The molecule has 2 N–H and O–H groups in total. The van der Waals surface area contributed by atoms with Crippen molar-refractivity contribution in [2.75, 3.05) is 26.2 Å². The van der Waals surface area contributed by atoms with Gasteiger partial charge in [0.05, 0.1) is 11.7 Å². The van der Waals surface area contributed by atoms with E-state index < -0.39 is 0 Å². The second-order valence-corrected chi connectivity index (χ2v) is 8.03. The number of H-pyrrole nitrogens is 1. The maximum atomic E-state index is 12.6. The van der Waals surface area contributed by atoms with Crippen molar-refractivity contribution in [3.05, 3.63) is 72.6 Å². The van der Waals surface area contributed by atoms with Crippen molar-refractivity contribution in [1.29, 1.82) is 0 Å². The molecule has 1 aliphatic rings. The second-order valence-electron chi connectivity index (χ2n) is 8.03. The maximum absolute atomic E-state index is 12.6. The summed E-state index contributed by atoms with van der Waals surface area (Å²) in [6.07, 6.45) is 7.92. The van der Waals surface area contributed by atoms with Gasteiger partial charge in [0.1, 0.15) is 12.7 Å². The molecular weight excluding hydrogens is 404 g/mol. The van der Waals surface area contributed by atoms with E-state index in [2.05, 4.69) is 54.6 Å². The first kappa shape index (κ1) is 20.3. The standard InChI is InChI=1S/C23H26N8O/c32-23(28-30-10-8-29(9-11-30)15-18-4-2-1-3-5-18)7-6-19-13-25-21-14-26-22(12-20(19)21)31-17-24-16-27-31/h1-5,12-14,16-17,25H,6-11,15H2,(H,28,32). The molecule has 1 saturated heterocycles. The zero-order chi connectivity index (χ0) is 21.8. The van der Waals surface area contributed by atoms with Crippen LogP contribution in [0.15, 0.2) is 61.4 Å². The summed E-state index contributed by atoms with van der Waals surface area (Å²) in [5, 5.41) is 7.22. The SMILES string of the molecule is O=C(CCc1c[nH]c2cnc(-n3cncn3)cc12)NN1CCN(Cc2ccccc2)CC1. The van der Waals surface area contributed by atoms with Gasteiger partial charge in [0, 0.05) is 50.7 Å². The number of aromatic amines is 1. The predicted molar refractivity (Wildman–Crippen MR) is 121 cm³/mol. The number of rotatable bonds is 7. The van der Waals surface area contributed by atoms with Crippen LogP contribution in [0.5, 0.6) is 0 Å². The van der Waals surface area contributed by atoms with E-state index in [0.717, 1.165) is 49.2 Å². The normalized spacial score (nSPS) is 15.2. The molecule has 0 unspecified atom stereocenters. The van der Waals surface area contributed by atoms with E-state index in [1.807, 2.05) is 23.3 Å². The fourth-order valence-corrected chi connectivity index (χ4v) is 4.07. The summed E-state index contributed by atoms with van der Waals surface area (Å²) in [4.78, 5) is 26.6. The van der Waals surface area contributed by atoms with E-state index in [1.54, 1.807) is 17.2 Å². The van der Waals surface area contributed by atoms with Crippen LogP contribution in [0.1, 0.15) is 17.5 Å². The lowest BCUT2D eigenvalue weighted by Gasteiger charge is -2.34. The van der Waals surface area contributed by atoms with Gasteiger partial charge in [-0.25, -0.2) is 19.7 Å². The number of amides is 1. The quantitative estimate of drug-likeness (QED) is 0.465. The Morgan fingerprint density at radius 1 is 1.12 bits per heavy atom. The van der Waals surface area contributed by atoms with E-state index in [9.17, 15) is 4.79 Å². The van der Waals surface area contributed by atoms with Crippen molar-refractivity contribution in [1.82, 2.24) is 40.1 Å². The Bertz CT molecular complexity index is 1160. The Balaban J connectivity index is 1.12. The topological polar surface area (TPSA) is 95.0 Å². The fourth-order valence-electron chi connectivity index (χ4n) is 4.07. The summed E-state index contributed by atoms with van der Waals surface area (Å²) in [6, 6.07) is 12.5. The molecule has 0 aliphatic carbocycles. The van der Waals surface area contributed by atoms with Gasteiger partial charge in [-0.05, 0) is 23.6 Å². The van der Waals surface area contributed by atoms with Gasteiger partial charge in [-0.2, -0.15) is 5.10 Å². The van der Waals surface area contributed by atoms with Crippen LogP contribution in [0.3, 0.4) is 0 Å². The third-order valence-electron chi connectivity index (χ3n) is 5.82. The molecule has 32 heavy (non-hydrogen) atoms. The van der Waals surface area contributed by atoms with Gasteiger partial charge in [0.2, 0.25) is 5.91 Å². The monoisotopic (exact) mass is 430 g/mol. The van der Waals surface area contributed by atoms with Crippen LogP contribution < -0.4 is 5.43 Å². The summed E-state index contributed by atoms with van der Waals surface area (Å²) in [5.74, 6) is 0.745. The Labute approximate surface area is 186 Å². The molecule has 9 heteroatoms. The highest BCUT2D eigenvalue weighted by Crippen LogP contribution is 2.21. The molecule has 164 valence electrons. The van der Waals surface area contributed by atoms with Gasteiger partial charge < -0.3 is 4.98 Å². The Morgan fingerprint density at radius 2 is 1.97 bits per heavy atom. The maximum Gasteiger partial charge on any atom is 0.234 e. The number of carbonyl (C=O) groups is 1. The molecule has 1 aliphatic heterocycles. The molecule has 0 saturated carbocycles. The lowest BCUT2D eigenvalue weighted by molar-refractivity contribution is -0.126. The molecule has 3 aromatic heterocycles. The van der Waals surface area contributed by atoms with Crippen LogP contribution in [0, 0.1) is 0 Å². The number of aryl methyl sites for hydroxylation is 1. The second kappa shape index (κ2) is 9.29. The summed E-state index contributed by atoms with van der Waals surface area (Å²) >= 11 is 0. The molecule has 1 amide bonds. The number of carbonyl (C=O) groups excluding carboxylic acids is 1. The number of hydrazine groups is 1. The zero-order valence-electron chi connectivity index (χ0n) is 17.8. The minimum Gasteiger partial charge on any atom is -0.360 e. The lowest BCUT2D eigenvalue weighted by atomic mass is 10.1. The highest BCUT2D eigenvalue weighted by atomic mass is 16.2. The van der Waals surface area contributed by atoms with E-state index in [4.69, 9.17) is 0 Å². The largest absolute Gasteiger partial charge is 0.360 e. The third-order valence-corrected chi connectivity index (χ3v) is 5.82. The summed E-state index contributed by atoms with van der Waals surface area (Å²) in [7, 11) is 0. The van der Waals surface area contributed by atoms with Gasteiger partial charge in [0.25, 0.3) is 0 Å². The van der Waals surface area contributed by atoms with Crippen molar-refractivity contribution in [3.8, 4) is 5.82 Å². The molecular formula is C23H26N8O. The smallest absolute Gasteiger partial charge is 0.234 e. The Morgan fingerprint density at radius 3 is 2.75 bits per heavy atom. The average Bonchev–Trinajstić information content (AvgIpc) is 3.50. The average molecular weight is 431 g/mol. The van der Waals surface area contributed by atoms with Crippen molar-refractivity contribution in [2.45, 2.75) is 19.4 Å². The number of nitrogens with zero attached hydrogens (tertiary/aromatic N) is 6. The van der Waals surface area contributed by atoms with Gasteiger partial charge in [-0.15, -0.1) is 0 Å². The molecule has 4 heterocycles. The number of pyridine rings is 1. The Kier molecular flexibility index (Phi) is 5.91. The Hall–Kier alpha value is -3.56. The number of benzene rings is 1. The van der Waals surface area contributed by atoms with Gasteiger partial charge in [0.15, 0.2) is 5.82 Å². The van der Waals surface area contributed by atoms with Crippen molar-refractivity contribution < 1.29 is 4.79 Å². The predicted octanol–water partition coefficient (Wildman–Crippen LogP) is 1.93. The van der Waals surface area contributed by atoms with Gasteiger partial charge in [-0.3, -0.25) is 15.1 Å². The molecule has 9 nitrogen and oxygen atoms in total. The molecule has 0 atom stereocenters. The molecule has 1 aromatic carbocycles. The first-order valence-electron chi connectivity index (χ1n) is 10.9. The zero-order valence-corrected chi connectivity index (χ0v) is 17.8. The van der Waals surface area contributed by atoms with E-state index in [-0.39, 0.29) is 5.91 Å². The highest BCUT2D eigenvalue weighted by Gasteiger charge is 2.18. The summed E-state index contributed by atoms with van der Waals surface area (Å²) < 4.78 is 1.63. The molecule has 4 aromatic rings. The molecule has 0 radical (unpaired) electrons. The fraction of sp³-hybridized carbons (Fsp3) is 0.304. The first-order chi connectivity index (χ1) is 15.7. The lowest BCUT2D eigenvalue weighted by Crippen LogP contribution is -2.53. The van der Waals surface area contributed by atoms with E-state index in [1.165, 1.54) is 11.9 Å². The van der Waals surface area contributed by atoms with Gasteiger partial charge >= 0.3 is 0 Å². The van der Waals surface area contributed by atoms with E-state index >= 15 is 0 Å². The molecule has 1 fully saturated rings. The van der Waals surface area contributed by atoms with Crippen LogP contribution in [0.25, 0.3) is 16.7 Å². The summed E-state index contributed by atoms with van der Waals surface area (Å²) in [5.41, 5.74) is 6.43. The van der Waals surface area contributed by atoms with Crippen LogP contribution >= 0.6 is 0 Å². The van der Waals surface area contributed by atoms with Crippen LogP contribution in [0.2, 0.25) is 0 Å². The number of nitrogens with one attached hydrogen (secondary N) is 2. The van der Waals surface area contributed by atoms with Gasteiger partial charge in [-0.1, -0.05) is 30.3 Å². The molecule has 0 bridgehead atoms. The van der Waals surface area contributed by atoms with Crippen LogP contribution in [0.4, 0.5) is 0 Å². The highest BCUT2D eigenvalue weighted by molar-refractivity contribution is 5.84. The minimum atomic E-state index is 0.0430. The van der Waals surface area contributed by atoms with Crippen molar-refractivity contribution in [3.63, 3.8) is 0 Å². The number of aromatic nitrogens is 5. The van der Waals surface area contributed by atoms with Crippen molar-refractivity contribution >= 4 is 16.8 Å². The molecule has 0 spiro atoms. The molecule has 5 rings (SSSR count). The summed E-state index contributed by atoms with van der Waals surface area (Å²) in [6.45, 7) is 4.50. The number of hydrogen-bond acceptors (Lipinski definition) is 6. The minimum absolute atomic E-state index is 0.0430. The third kappa shape index (κ3) is 4.68. The number of piperazine rings is 1. The van der Waals surface area contributed by atoms with Crippen LogP contribution in [-0.2, 0) is 17.8 Å². The van der Waals surface area contributed by atoms with Crippen LogP contribution in [-0.4, -0.2) is 66.7 Å². The number of fused-ring (bicyclic) bond motifs is 1. The van der Waals surface area contributed by atoms with Crippen molar-refractivity contribution in [2.24, 2.45) is 0 Å². The van der Waals surface area contributed by atoms with E-state index in [0.29, 0.717) is 18.7 Å².